The van der Waals surface area contributed by atoms with Gasteiger partial charge in [0, 0.05) is 142 Å². The molecule has 8 heteroatoms. The lowest BCUT2D eigenvalue weighted by Gasteiger charge is -2.30. The highest BCUT2D eigenvalue weighted by Crippen LogP contribution is 2.50. The van der Waals surface area contributed by atoms with Gasteiger partial charge in [-0.05, 0) is 246 Å². The number of aromatic nitrogens is 2. The monoisotopic (exact) mass is 1590 g/mol. The first-order chi connectivity index (χ1) is 60.5. The summed E-state index contributed by atoms with van der Waals surface area (Å²) in [4.78, 5) is 9.55. The fourth-order valence-electron chi connectivity index (χ4n) is 17.9. The number of benzene rings is 19. The molecule has 0 fully saturated rings. The molecule has 0 aliphatic heterocycles. The normalized spacial score (nSPS) is 11.4. The highest BCUT2D eigenvalue weighted by atomic mass is 32.1. The molecule has 0 saturated heterocycles. The van der Waals surface area contributed by atoms with Crippen molar-refractivity contribution in [1.29, 1.82) is 0 Å². The van der Waals surface area contributed by atoms with Gasteiger partial charge in [-0.3, -0.25) is 0 Å². The van der Waals surface area contributed by atoms with Crippen LogP contribution in [0.4, 0.5) is 68.2 Å². The maximum atomic E-state index is 2.43. The number of hydrogen-bond acceptors (Lipinski definition) is 6. The number of thiophene rings is 2. The molecule has 122 heavy (non-hydrogen) atoms. The first-order valence-corrected chi connectivity index (χ1v) is 43.1. The fourth-order valence-corrected chi connectivity index (χ4v) is 20.2. The third-order valence-electron chi connectivity index (χ3n) is 23.4. The minimum absolute atomic E-state index is 1.07. The van der Waals surface area contributed by atoms with Crippen molar-refractivity contribution in [2.75, 3.05) is 19.6 Å². The number of fused-ring (bicyclic) bond motifs is 12. The molecule has 0 spiro atoms. The van der Waals surface area contributed by atoms with Crippen LogP contribution >= 0.6 is 22.7 Å². The summed E-state index contributed by atoms with van der Waals surface area (Å²) in [5.41, 5.74) is 27.0. The van der Waals surface area contributed by atoms with Crippen LogP contribution in [0.3, 0.4) is 0 Å². The van der Waals surface area contributed by atoms with E-state index in [2.05, 4.69) is 502 Å². The number of nitrogens with zero attached hydrogens (tertiary/aromatic N) is 6. The smallest absolute Gasteiger partial charge is 0.0541 e. The number of anilines is 12. The molecule has 4 heterocycles. The lowest BCUT2D eigenvalue weighted by Crippen LogP contribution is -2.13. The summed E-state index contributed by atoms with van der Waals surface area (Å²) >= 11 is 3.71. The van der Waals surface area contributed by atoms with E-state index in [9.17, 15) is 0 Å². The Bertz CT molecular complexity index is 7410. The van der Waals surface area contributed by atoms with E-state index in [0.29, 0.717) is 0 Å². The van der Waals surface area contributed by atoms with Crippen LogP contribution in [0.2, 0.25) is 0 Å². The maximum absolute atomic E-state index is 2.43. The minimum atomic E-state index is 1.07. The molecule has 576 valence electrons. The minimum Gasteiger partial charge on any atom is -0.310 e. The van der Waals surface area contributed by atoms with Gasteiger partial charge in [0.25, 0.3) is 0 Å². The molecule has 0 saturated carbocycles. The van der Waals surface area contributed by atoms with Gasteiger partial charge in [0.15, 0.2) is 0 Å². The van der Waals surface area contributed by atoms with Gasteiger partial charge in [0.2, 0.25) is 0 Å². The molecule has 0 unspecified atom stereocenters. The van der Waals surface area contributed by atoms with Crippen molar-refractivity contribution in [3.8, 4) is 44.8 Å². The molecule has 6 nitrogen and oxygen atoms in total. The summed E-state index contributed by atoms with van der Waals surface area (Å²) in [7, 11) is 0. The van der Waals surface area contributed by atoms with Crippen LogP contribution in [0.15, 0.2) is 473 Å². The van der Waals surface area contributed by atoms with Crippen LogP contribution in [-0.4, -0.2) is 9.13 Å². The van der Waals surface area contributed by atoms with Crippen LogP contribution in [0.1, 0.15) is 0 Å². The summed E-state index contributed by atoms with van der Waals surface area (Å²) < 4.78 is 9.89. The summed E-state index contributed by atoms with van der Waals surface area (Å²) in [6.45, 7) is 0. The lowest BCUT2D eigenvalue weighted by atomic mass is 9.96. The Morgan fingerprint density at radius 1 is 0.139 bits per heavy atom. The van der Waals surface area contributed by atoms with Crippen LogP contribution in [0.5, 0.6) is 0 Å². The zero-order chi connectivity index (χ0) is 80.8. The van der Waals surface area contributed by atoms with E-state index in [1.54, 1.807) is 0 Å². The predicted molar refractivity (Wildman–Crippen MR) is 522 cm³/mol. The van der Waals surface area contributed by atoms with Crippen molar-refractivity contribution in [2.24, 2.45) is 0 Å². The van der Waals surface area contributed by atoms with E-state index in [4.69, 9.17) is 0 Å². The Labute approximate surface area is 716 Å². The van der Waals surface area contributed by atoms with Crippen molar-refractivity contribution < 1.29 is 0 Å². The molecule has 0 N–H and O–H groups in total. The molecule has 4 aromatic heterocycles. The zero-order valence-electron chi connectivity index (χ0n) is 66.5. The van der Waals surface area contributed by atoms with Gasteiger partial charge < -0.3 is 28.7 Å². The van der Waals surface area contributed by atoms with E-state index in [-0.39, 0.29) is 0 Å². The standard InChI is InChI=1S/C60H39N3S2.C54H39N3/c1-4-16-42(17-5-1)61(45-29-31-52-50-23-11-14-26-57(50)64-59(52)38-45)47-34-41(40-28-33-56-54(36-40)49-22-10-13-25-55(49)63(56)44-20-8-3-9-21-44)35-48(37-47)62(43-18-6-2-7-19-43)46-30-32-53-51-24-12-15-27-58(51)65-60(53)39-46;1-6-21-44(22-7-1)55(45-23-8-2-9-24-45)49-36-43(37-50(39-49)56(46-25-10-3-11-26-46)47-27-12-4-13-28-47)41-20-18-19-40(35-41)42-33-34-54-52(38-42)51-31-16-17-32-53(51)57(54)48-29-14-5-15-30-48/h1-39H;1-39H. The average molecular weight is 1600 g/mol. The van der Waals surface area contributed by atoms with Crippen LogP contribution in [-0.2, 0) is 0 Å². The van der Waals surface area contributed by atoms with E-state index in [1.807, 2.05) is 22.7 Å². The average Bonchev–Trinajstić information content (AvgIpc) is 1.50. The van der Waals surface area contributed by atoms with Gasteiger partial charge in [-0.1, -0.05) is 261 Å². The number of rotatable bonds is 17. The lowest BCUT2D eigenvalue weighted by molar-refractivity contribution is 1.18. The summed E-state index contributed by atoms with van der Waals surface area (Å²) in [5.74, 6) is 0. The van der Waals surface area contributed by atoms with Crippen molar-refractivity contribution in [3.63, 3.8) is 0 Å². The Hall–Kier alpha value is -15.6. The molecule has 0 aliphatic rings. The predicted octanol–water partition coefficient (Wildman–Crippen LogP) is 33.2. The third kappa shape index (κ3) is 13.6. The Morgan fingerprint density at radius 2 is 0.410 bits per heavy atom. The van der Waals surface area contributed by atoms with Gasteiger partial charge >= 0.3 is 0 Å². The second kappa shape index (κ2) is 31.7. The van der Waals surface area contributed by atoms with Gasteiger partial charge in [-0.15, -0.1) is 22.7 Å². The molecule has 23 rings (SSSR count). The van der Waals surface area contributed by atoms with E-state index >= 15 is 0 Å². The second-order valence-corrected chi connectivity index (χ2v) is 33.0. The van der Waals surface area contributed by atoms with Gasteiger partial charge in [0.05, 0.1) is 22.1 Å². The molecular weight excluding hydrogens is 1520 g/mol. The third-order valence-corrected chi connectivity index (χ3v) is 25.7. The van der Waals surface area contributed by atoms with E-state index < -0.39 is 0 Å². The molecule has 23 aromatic rings. The first-order valence-electron chi connectivity index (χ1n) is 41.4. The Morgan fingerprint density at radius 3 is 0.770 bits per heavy atom. The van der Waals surface area contributed by atoms with Gasteiger partial charge in [-0.25, -0.2) is 0 Å². The highest BCUT2D eigenvalue weighted by molar-refractivity contribution is 7.26. The van der Waals surface area contributed by atoms with Crippen molar-refractivity contribution in [1.82, 2.24) is 9.13 Å². The summed E-state index contributed by atoms with van der Waals surface area (Å²) in [6.07, 6.45) is 0. The molecular formula is C114H78N6S2. The summed E-state index contributed by atoms with van der Waals surface area (Å²) in [5, 5.41) is 10.1. The van der Waals surface area contributed by atoms with Crippen LogP contribution in [0.25, 0.3) is 129 Å². The van der Waals surface area contributed by atoms with Crippen molar-refractivity contribution in [3.05, 3.63) is 473 Å². The number of hydrogen-bond donors (Lipinski definition) is 0. The molecule has 0 atom stereocenters. The molecule has 0 aliphatic carbocycles. The zero-order valence-corrected chi connectivity index (χ0v) is 68.2. The SMILES string of the molecule is c1ccc(N(c2cc(-c3ccc4c(c3)c3ccccc3n4-c3ccccc3)cc(N(c3ccccc3)c3ccc4c(c3)sc3ccccc34)c2)c2ccc3c(c2)sc2ccccc23)cc1.c1ccc(N(c2ccccc2)c2cc(-c3cccc(-c4ccc5c(c4)c4ccccc4n5-c4ccccc4)c3)cc(N(c3ccccc3)c3ccccc3)c2)cc1. The van der Waals surface area contributed by atoms with E-state index in [1.165, 1.54) is 95.1 Å². The van der Waals surface area contributed by atoms with Crippen molar-refractivity contribution in [2.45, 2.75) is 0 Å². The quantitative estimate of drug-likeness (QED) is 0.0906. The van der Waals surface area contributed by atoms with Crippen molar-refractivity contribution >= 4 is 175 Å². The van der Waals surface area contributed by atoms with Gasteiger partial charge in [0.1, 0.15) is 0 Å². The topological polar surface area (TPSA) is 22.8 Å². The molecule has 0 amide bonds. The Kier molecular flexibility index (Phi) is 18.9. The first kappa shape index (κ1) is 72.8. The maximum Gasteiger partial charge on any atom is 0.0541 e. The molecule has 0 radical (unpaired) electrons. The summed E-state index contributed by atoms with van der Waals surface area (Å²) in [6, 6.07) is 171. The van der Waals surface area contributed by atoms with Gasteiger partial charge in [-0.2, -0.15) is 0 Å². The number of para-hydroxylation sites is 10. The van der Waals surface area contributed by atoms with E-state index in [0.717, 1.165) is 102 Å². The fraction of sp³-hybridized carbons (Fsp3) is 0. The largest absolute Gasteiger partial charge is 0.310 e. The molecule has 0 bridgehead atoms. The van der Waals surface area contributed by atoms with Crippen LogP contribution in [0, 0.1) is 0 Å². The van der Waals surface area contributed by atoms with Crippen LogP contribution < -0.4 is 19.6 Å². The highest BCUT2D eigenvalue weighted by Gasteiger charge is 2.25. The second-order valence-electron chi connectivity index (χ2n) is 30.8. The Balaban J connectivity index is 0.000000147. The molecule has 19 aromatic carbocycles.